The molecule has 84 valence electrons. The van der Waals surface area contributed by atoms with Crippen LogP contribution in [0.15, 0.2) is 12.2 Å². The minimum Gasteiger partial charge on any atom is -0.369 e. The molecule has 3 aliphatic carbocycles. The lowest BCUT2D eigenvalue weighted by Crippen LogP contribution is -2.50. The summed E-state index contributed by atoms with van der Waals surface area (Å²) < 4.78 is 0. The molecule has 1 saturated carbocycles. The van der Waals surface area contributed by atoms with Crippen LogP contribution >= 0.6 is 0 Å². The Morgan fingerprint density at radius 2 is 1.81 bits per heavy atom. The van der Waals surface area contributed by atoms with Gasteiger partial charge in [0.05, 0.1) is 11.8 Å². The number of hydrogen-bond donors (Lipinski definition) is 2. The molecule has 16 heavy (non-hydrogen) atoms. The number of allylic oxidation sites excluding steroid dienone is 2. The minimum atomic E-state index is -0.471. The Morgan fingerprint density at radius 1 is 1.25 bits per heavy atom. The average molecular weight is 219 g/mol. The number of nitrogens with two attached hydrogens (primary N) is 1. The Labute approximate surface area is 93.3 Å². The van der Waals surface area contributed by atoms with Crippen LogP contribution in [0.4, 0.5) is 0 Å². The number of nitrogens with zero attached hydrogens (tertiary/aromatic N) is 1. The second-order valence-corrected chi connectivity index (χ2v) is 4.34. The summed E-state index contributed by atoms with van der Waals surface area (Å²) in [7, 11) is 0. The van der Waals surface area contributed by atoms with Crippen LogP contribution in [-0.4, -0.2) is 11.8 Å². The first kappa shape index (κ1) is 10.7. The lowest BCUT2D eigenvalue weighted by Gasteiger charge is -2.42. The van der Waals surface area contributed by atoms with Gasteiger partial charge in [0.25, 0.3) is 0 Å². The van der Waals surface area contributed by atoms with Crippen molar-refractivity contribution < 1.29 is 9.59 Å². The molecule has 1 fully saturated rings. The van der Waals surface area contributed by atoms with Gasteiger partial charge in [0.1, 0.15) is 0 Å². The summed E-state index contributed by atoms with van der Waals surface area (Å²) in [6, 6.07) is 0. The average Bonchev–Trinajstić information content (AvgIpc) is 2.29. The molecular formula is C11H13N3O2. The molecule has 2 amide bonds. The Balaban J connectivity index is 2.28. The van der Waals surface area contributed by atoms with E-state index in [-0.39, 0.29) is 17.7 Å². The van der Waals surface area contributed by atoms with Crippen molar-refractivity contribution in [2.24, 2.45) is 29.4 Å². The number of nitriles is 1. The van der Waals surface area contributed by atoms with Gasteiger partial charge in [-0.15, -0.1) is 0 Å². The molecule has 3 rings (SSSR count). The Hall–Kier alpha value is -1.83. The molecule has 3 aliphatic rings. The molecule has 0 spiro atoms. The summed E-state index contributed by atoms with van der Waals surface area (Å²) in [6.45, 7) is 0. The minimum absolute atomic E-state index is 0.0378. The molecule has 2 bridgehead atoms. The molecular weight excluding hydrogens is 206 g/mol. The van der Waals surface area contributed by atoms with Gasteiger partial charge in [-0.2, -0.15) is 5.26 Å². The molecule has 3 N–H and O–H groups in total. The van der Waals surface area contributed by atoms with Crippen molar-refractivity contribution in [1.29, 1.82) is 5.26 Å². The Morgan fingerprint density at radius 3 is 2.25 bits per heavy atom. The highest BCUT2D eigenvalue weighted by atomic mass is 16.2. The van der Waals surface area contributed by atoms with Crippen LogP contribution in [0.2, 0.25) is 0 Å². The van der Waals surface area contributed by atoms with E-state index in [9.17, 15) is 9.59 Å². The van der Waals surface area contributed by atoms with Crippen LogP contribution in [-0.2, 0) is 9.59 Å². The van der Waals surface area contributed by atoms with Gasteiger partial charge in [-0.05, 0) is 24.7 Å². The highest BCUT2D eigenvalue weighted by Gasteiger charge is 2.47. The van der Waals surface area contributed by atoms with Gasteiger partial charge in [-0.3, -0.25) is 14.9 Å². The van der Waals surface area contributed by atoms with E-state index in [2.05, 4.69) is 5.32 Å². The van der Waals surface area contributed by atoms with Gasteiger partial charge in [0, 0.05) is 0 Å². The summed E-state index contributed by atoms with van der Waals surface area (Å²) in [5.74, 6) is -1.67. The molecule has 0 aromatic carbocycles. The largest absolute Gasteiger partial charge is 0.369 e. The van der Waals surface area contributed by atoms with Gasteiger partial charge in [0.2, 0.25) is 11.8 Å². The second-order valence-electron chi connectivity index (χ2n) is 4.34. The molecule has 5 nitrogen and oxygen atoms in total. The van der Waals surface area contributed by atoms with Crippen molar-refractivity contribution in [1.82, 2.24) is 5.32 Å². The topological polar surface area (TPSA) is 96.0 Å². The lowest BCUT2D eigenvalue weighted by atomic mass is 9.61. The first-order valence-corrected chi connectivity index (χ1v) is 5.31. The summed E-state index contributed by atoms with van der Waals surface area (Å²) in [6.07, 6.45) is 7.32. The SMILES string of the molecule is N#CNC(=O)C1C2C=CC(CC2)C1C(N)=O. The number of rotatable bonds is 2. The van der Waals surface area contributed by atoms with Crippen LogP contribution in [0.5, 0.6) is 0 Å². The maximum Gasteiger partial charge on any atom is 0.237 e. The van der Waals surface area contributed by atoms with Crippen LogP contribution in [0, 0.1) is 35.1 Å². The molecule has 0 radical (unpaired) electrons. The first-order chi connectivity index (χ1) is 7.65. The van der Waals surface area contributed by atoms with Crippen molar-refractivity contribution in [3.05, 3.63) is 12.2 Å². The number of amides is 2. The monoisotopic (exact) mass is 219 g/mol. The van der Waals surface area contributed by atoms with E-state index in [1.807, 2.05) is 12.2 Å². The molecule has 0 aliphatic heterocycles. The van der Waals surface area contributed by atoms with Gasteiger partial charge in [-0.1, -0.05) is 12.2 Å². The Kier molecular flexibility index (Phi) is 2.65. The third-order valence-electron chi connectivity index (χ3n) is 3.56. The van der Waals surface area contributed by atoms with E-state index in [1.165, 1.54) is 0 Å². The van der Waals surface area contributed by atoms with Gasteiger partial charge >= 0.3 is 0 Å². The quantitative estimate of drug-likeness (QED) is 0.385. The second kappa shape index (κ2) is 3.97. The maximum atomic E-state index is 11.7. The van der Waals surface area contributed by atoms with Crippen LogP contribution in [0.1, 0.15) is 12.8 Å². The van der Waals surface area contributed by atoms with Crippen LogP contribution < -0.4 is 11.1 Å². The molecule has 5 heteroatoms. The van der Waals surface area contributed by atoms with Gasteiger partial charge in [-0.25, -0.2) is 0 Å². The molecule has 4 unspecified atom stereocenters. The van der Waals surface area contributed by atoms with Crippen molar-refractivity contribution in [2.75, 3.05) is 0 Å². The van der Waals surface area contributed by atoms with E-state index in [0.29, 0.717) is 0 Å². The standard InChI is InChI=1S/C11H13N3O2/c12-5-14-11(16)9-7-3-1-6(2-4-7)8(9)10(13)15/h1,3,6-9H,2,4H2,(H2,13,15)(H,14,16). The number of fused-ring (bicyclic) bond motifs is 2. The zero-order valence-electron chi connectivity index (χ0n) is 8.72. The van der Waals surface area contributed by atoms with Crippen molar-refractivity contribution in [2.45, 2.75) is 12.8 Å². The van der Waals surface area contributed by atoms with Crippen molar-refractivity contribution in [3.63, 3.8) is 0 Å². The molecule has 0 aromatic rings. The van der Waals surface area contributed by atoms with E-state index in [4.69, 9.17) is 11.0 Å². The van der Waals surface area contributed by atoms with Crippen LogP contribution in [0.3, 0.4) is 0 Å². The summed E-state index contributed by atoms with van der Waals surface area (Å²) in [4.78, 5) is 23.1. The van der Waals surface area contributed by atoms with E-state index < -0.39 is 17.7 Å². The van der Waals surface area contributed by atoms with Crippen LogP contribution in [0.25, 0.3) is 0 Å². The van der Waals surface area contributed by atoms with Crippen molar-refractivity contribution in [3.8, 4) is 6.19 Å². The smallest absolute Gasteiger partial charge is 0.237 e. The maximum absolute atomic E-state index is 11.7. The van der Waals surface area contributed by atoms with E-state index in [0.717, 1.165) is 12.8 Å². The molecule has 0 saturated heterocycles. The predicted octanol–water partition coefficient (Wildman–Crippen LogP) is -0.103. The summed E-state index contributed by atoms with van der Waals surface area (Å²) in [5, 5.41) is 10.6. The zero-order chi connectivity index (χ0) is 11.7. The number of carbonyl (C=O) groups excluding carboxylic acids is 2. The first-order valence-electron chi connectivity index (χ1n) is 5.31. The van der Waals surface area contributed by atoms with E-state index in [1.54, 1.807) is 6.19 Å². The fourth-order valence-electron chi connectivity index (χ4n) is 2.88. The highest BCUT2D eigenvalue weighted by Crippen LogP contribution is 2.44. The van der Waals surface area contributed by atoms with Gasteiger partial charge < -0.3 is 5.73 Å². The molecule has 0 aromatic heterocycles. The normalized spacial score (nSPS) is 35.4. The van der Waals surface area contributed by atoms with Crippen molar-refractivity contribution >= 4 is 11.8 Å². The number of nitrogens with one attached hydrogen (secondary N) is 1. The summed E-state index contributed by atoms with van der Waals surface area (Å²) >= 11 is 0. The fraction of sp³-hybridized carbons (Fsp3) is 0.545. The number of carbonyl (C=O) groups is 2. The molecule has 4 atom stereocenters. The van der Waals surface area contributed by atoms with E-state index >= 15 is 0 Å². The Bertz CT molecular complexity index is 397. The summed E-state index contributed by atoms with van der Waals surface area (Å²) in [5.41, 5.74) is 5.34. The zero-order valence-corrected chi connectivity index (χ0v) is 8.72. The molecule has 0 heterocycles. The highest BCUT2D eigenvalue weighted by molar-refractivity contribution is 5.89. The predicted molar refractivity (Wildman–Crippen MR) is 55.3 cm³/mol. The van der Waals surface area contributed by atoms with Gasteiger partial charge in [0.15, 0.2) is 6.19 Å². The third kappa shape index (κ3) is 1.56. The number of hydrogen-bond acceptors (Lipinski definition) is 3. The number of primary amides is 1. The fourth-order valence-corrected chi connectivity index (χ4v) is 2.88. The lowest BCUT2D eigenvalue weighted by molar-refractivity contribution is -0.138. The third-order valence-corrected chi connectivity index (χ3v) is 3.56.